The molecule has 1 unspecified atom stereocenters. The van der Waals surface area contributed by atoms with Gasteiger partial charge in [-0.15, -0.1) is 0 Å². The van der Waals surface area contributed by atoms with E-state index in [1.54, 1.807) is 50.8 Å². The monoisotopic (exact) mass is 475 g/mol. The quantitative estimate of drug-likeness (QED) is 0.396. The van der Waals surface area contributed by atoms with Crippen molar-refractivity contribution in [2.24, 2.45) is 0 Å². The molecule has 1 aliphatic heterocycles. The first-order valence-electron chi connectivity index (χ1n) is 10.9. The lowest BCUT2D eigenvalue weighted by molar-refractivity contribution is -0.125. The predicted molar refractivity (Wildman–Crippen MR) is 129 cm³/mol. The van der Waals surface area contributed by atoms with Crippen LogP contribution in [-0.2, 0) is 11.4 Å². The standard InChI is InChI=1S/C25H22ClN5O3/c1-2-24(32)29-12-9-19(15-29)31-21-8-11-27-14-22(21)30(25(31)33)18-6-7-23(20(26)13-18)34-16-17-5-3-4-10-28-17/h2-8,10-11,13-14,19H,1,9,12,15-16H2. The van der Waals surface area contributed by atoms with Gasteiger partial charge >= 0.3 is 5.69 Å². The number of nitrogens with zero attached hydrogens (tertiary/aromatic N) is 5. The zero-order valence-corrected chi connectivity index (χ0v) is 19.1. The lowest BCUT2D eigenvalue weighted by Gasteiger charge is -2.15. The Morgan fingerprint density at radius 3 is 2.85 bits per heavy atom. The van der Waals surface area contributed by atoms with Crippen LogP contribution in [0.15, 0.2) is 78.5 Å². The van der Waals surface area contributed by atoms with Crippen LogP contribution in [0.25, 0.3) is 16.7 Å². The predicted octanol–water partition coefficient (Wildman–Crippen LogP) is 3.77. The highest BCUT2D eigenvalue weighted by atomic mass is 35.5. The molecule has 1 amide bonds. The third-order valence-electron chi connectivity index (χ3n) is 5.97. The smallest absolute Gasteiger partial charge is 0.334 e. The van der Waals surface area contributed by atoms with Crippen LogP contribution in [0.4, 0.5) is 0 Å². The number of carbonyl (C=O) groups is 1. The summed E-state index contributed by atoms with van der Waals surface area (Å²) in [5.41, 5.74) is 2.60. The average molecular weight is 476 g/mol. The van der Waals surface area contributed by atoms with Gasteiger partial charge in [0.25, 0.3) is 0 Å². The number of ether oxygens (including phenoxy) is 1. The molecule has 0 N–H and O–H groups in total. The fourth-order valence-corrected chi connectivity index (χ4v) is 4.56. The molecular formula is C25H22ClN5O3. The number of rotatable bonds is 6. The largest absolute Gasteiger partial charge is 0.486 e. The molecule has 0 aliphatic carbocycles. The van der Waals surface area contributed by atoms with Crippen molar-refractivity contribution in [2.45, 2.75) is 19.1 Å². The van der Waals surface area contributed by atoms with Crippen molar-refractivity contribution in [3.8, 4) is 11.4 Å². The molecule has 1 aromatic carbocycles. The van der Waals surface area contributed by atoms with E-state index < -0.39 is 0 Å². The molecule has 1 fully saturated rings. The number of carbonyl (C=O) groups excluding carboxylic acids is 1. The van der Waals surface area contributed by atoms with Crippen LogP contribution in [0.2, 0.25) is 5.02 Å². The maximum atomic E-state index is 13.6. The molecule has 8 nitrogen and oxygen atoms in total. The Bertz CT molecular complexity index is 1430. The van der Waals surface area contributed by atoms with E-state index in [-0.39, 0.29) is 24.2 Å². The normalized spacial score (nSPS) is 15.6. The van der Waals surface area contributed by atoms with Crippen molar-refractivity contribution in [2.75, 3.05) is 13.1 Å². The highest BCUT2D eigenvalue weighted by molar-refractivity contribution is 6.32. The Morgan fingerprint density at radius 2 is 2.09 bits per heavy atom. The van der Waals surface area contributed by atoms with E-state index >= 15 is 0 Å². The number of hydrogen-bond acceptors (Lipinski definition) is 5. The first-order valence-corrected chi connectivity index (χ1v) is 11.3. The number of benzene rings is 1. The molecule has 9 heteroatoms. The summed E-state index contributed by atoms with van der Waals surface area (Å²) in [4.78, 5) is 35.8. The van der Waals surface area contributed by atoms with Crippen molar-refractivity contribution < 1.29 is 9.53 Å². The fraction of sp³-hybridized carbons (Fsp3) is 0.200. The molecule has 4 heterocycles. The molecular weight excluding hydrogens is 454 g/mol. The van der Waals surface area contributed by atoms with Gasteiger partial charge in [0.2, 0.25) is 5.91 Å². The number of pyridine rings is 2. The minimum atomic E-state index is -0.209. The van der Waals surface area contributed by atoms with Gasteiger partial charge in [0.15, 0.2) is 0 Å². The summed E-state index contributed by atoms with van der Waals surface area (Å²) in [6.45, 7) is 4.87. The van der Waals surface area contributed by atoms with Gasteiger partial charge in [-0.25, -0.2) is 4.79 Å². The van der Waals surface area contributed by atoms with Gasteiger partial charge in [0.1, 0.15) is 12.4 Å². The number of amides is 1. The topological polar surface area (TPSA) is 82.2 Å². The summed E-state index contributed by atoms with van der Waals surface area (Å²) in [7, 11) is 0. The van der Waals surface area contributed by atoms with Crippen LogP contribution < -0.4 is 10.4 Å². The molecule has 0 bridgehead atoms. The summed E-state index contributed by atoms with van der Waals surface area (Å²) in [6.07, 6.45) is 7.01. The van der Waals surface area contributed by atoms with E-state index in [4.69, 9.17) is 16.3 Å². The van der Waals surface area contributed by atoms with Gasteiger partial charge in [0.05, 0.1) is 39.7 Å². The van der Waals surface area contributed by atoms with Crippen molar-refractivity contribution >= 4 is 28.5 Å². The molecule has 1 aliphatic rings. The molecule has 5 rings (SSSR count). The molecule has 172 valence electrons. The van der Waals surface area contributed by atoms with Crippen LogP contribution in [0, 0.1) is 0 Å². The maximum absolute atomic E-state index is 13.6. The molecule has 0 saturated carbocycles. The Kier molecular flexibility index (Phi) is 5.90. The fourth-order valence-electron chi connectivity index (χ4n) is 4.33. The number of halogens is 1. The molecule has 1 saturated heterocycles. The van der Waals surface area contributed by atoms with Crippen LogP contribution in [-0.4, -0.2) is 43.0 Å². The zero-order valence-electron chi connectivity index (χ0n) is 18.3. The van der Waals surface area contributed by atoms with Crippen molar-refractivity contribution in [3.05, 3.63) is 94.9 Å². The molecule has 1 atom stereocenters. The van der Waals surface area contributed by atoms with E-state index in [0.29, 0.717) is 41.5 Å². The summed E-state index contributed by atoms with van der Waals surface area (Å²) >= 11 is 6.52. The van der Waals surface area contributed by atoms with Crippen molar-refractivity contribution in [3.63, 3.8) is 0 Å². The van der Waals surface area contributed by atoms with E-state index in [1.807, 2.05) is 24.3 Å². The van der Waals surface area contributed by atoms with Gasteiger partial charge in [0, 0.05) is 25.5 Å². The SMILES string of the molecule is C=CC(=O)N1CCC(n2c(=O)n(-c3ccc(OCc4ccccn4)c(Cl)c3)c3cnccc32)C1. The number of imidazole rings is 1. The minimum absolute atomic E-state index is 0.131. The van der Waals surface area contributed by atoms with Crippen LogP contribution in [0.3, 0.4) is 0 Å². The maximum Gasteiger partial charge on any atom is 0.334 e. The van der Waals surface area contributed by atoms with Crippen LogP contribution in [0.1, 0.15) is 18.2 Å². The Hall–Kier alpha value is -3.91. The first-order chi connectivity index (χ1) is 16.6. The lowest BCUT2D eigenvalue weighted by atomic mass is 10.2. The Morgan fingerprint density at radius 1 is 1.21 bits per heavy atom. The molecule has 0 radical (unpaired) electrons. The molecule has 3 aromatic heterocycles. The highest BCUT2D eigenvalue weighted by Gasteiger charge is 2.30. The molecule has 0 spiro atoms. The average Bonchev–Trinajstić information content (AvgIpc) is 3.45. The summed E-state index contributed by atoms with van der Waals surface area (Å²) in [6, 6.07) is 12.5. The van der Waals surface area contributed by atoms with Gasteiger partial charge in [-0.05, 0) is 48.9 Å². The van der Waals surface area contributed by atoms with Gasteiger partial charge in [-0.1, -0.05) is 24.2 Å². The van der Waals surface area contributed by atoms with Crippen molar-refractivity contribution in [1.29, 1.82) is 0 Å². The summed E-state index contributed by atoms with van der Waals surface area (Å²) < 4.78 is 9.15. The Balaban J connectivity index is 1.49. The molecule has 34 heavy (non-hydrogen) atoms. The second kappa shape index (κ2) is 9.15. The van der Waals surface area contributed by atoms with E-state index in [0.717, 1.165) is 11.2 Å². The number of aromatic nitrogens is 4. The first kappa shape index (κ1) is 21.9. The highest BCUT2D eigenvalue weighted by Crippen LogP contribution is 2.30. The van der Waals surface area contributed by atoms with E-state index in [9.17, 15) is 9.59 Å². The minimum Gasteiger partial charge on any atom is -0.486 e. The second-order valence-corrected chi connectivity index (χ2v) is 8.41. The van der Waals surface area contributed by atoms with Gasteiger partial charge < -0.3 is 9.64 Å². The molecule has 4 aromatic rings. The van der Waals surface area contributed by atoms with Gasteiger partial charge in [-0.3, -0.25) is 23.9 Å². The van der Waals surface area contributed by atoms with Crippen molar-refractivity contribution in [1.82, 2.24) is 24.0 Å². The van der Waals surface area contributed by atoms with Gasteiger partial charge in [-0.2, -0.15) is 0 Å². The number of hydrogen-bond donors (Lipinski definition) is 0. The summed E-state index contributed by atoms with van der Waals surface area (Å²) in [5, 5.41) is 0.383. The third kappa shape index (κ3) is 3.97. The number of fused-ring (bicyclic) bond motifs is 1. The summed E-state index contributed by atoms with van der Waals surface area (Å²) in [5.74, 6) is 0.370. The van der Waals surface area contributed by atoms with Crippen LogP contribution in [0.5, 0.6) is 5.75 Å². The lowest BCUT2D eigenvalue weighted by Crippen LogP contribution is -2.31. The third-order valence-corrected chi connectivity index (χ3v) is 6.26. The zero-order chi connectivity index (χ0) is 23.7. The van der Waals surface area contributed by atoms with E-state index in [2.05, 4.69) is 16.5 Å². The van der Waals surface area contributed by atoms with Crippen LogP contribution >= 0.6 is 11.6 Å². The Labute approximate surface area is 200 Å². The number of likely N-dealkylation sites (tertiary alicyclic amines) is 1. The second-order valence-electron chi connectivity index (χ2n) is 8.01. The van der Waals surface area contributed by atoms with E-state index in [1.165, 1.54) is 6.08 Å².